The van der Waals surface area contributed by atoms with Crippen LogP contribution in [-0.4, -0.2) is 36.4 Å². The quantitative estimate of drug-likeness (QED) is 0.576. The van der Waals surface area contributed by atoms with Gasteiger partial charge in [0.1, 0.15) is 11.4 Å². The summed E-state index contributed by atoms with van der Waals surface area (Å²) in [6.07, 6.45) is 0.865. The summed E-state index contributed by atoms with van der Waals surface area (Å²) in [5.41, 5.74) is 0.939. The summed E-state index contributed by atoms with van der Waals surface area (Å²) in [6, 6.07) is 8.30. The van der Waals surface area contributed by atoms with E-state index in [1.54, 1.807) is 0 Å². The van der Waals surface area contributed by atoms with Crippen LogP contribution in [0.3, 0.4) is 0 Å². The standard InChI is InChI=1S/C18H29N3O2/c1-5-19-17(20-11-13(2)12-22)21-15-10-18(3,4)23-16-9-7-6-8-14(15)16/h6-9,13,15,22H,5,10-12H2,1-4H3,(H2,19,20,21). The van der Waals surface area contributed by atoms with Gasteiger partial charge >= 0.3 is 0 Å². The maximum absolute atomic E-state index is 9.17. The largest absolute Gasteiger partial charge is 0.487 e. The molecule has 0 aliphatic carbocycles. The molecule has 128 valence electrons. The number of aliphatic hydroxyl groups is 1. The maximum atomic E-state index is 9.17. The average molecular weight is 319 g/mol. The summed E-state index contributed by atoms with van der Waals surface area (Å²) in [6.45, 7) is 9.79. The Hall–Kier alpha value is -1.75. The van der Waals surface area contributed by atoms with Crippen molar-refractivity contribution in [2.75, 3.05) is 19.7 Å². The Bertz CT molecular complexity index is 543. The third-order valence-electron chi connectivity index (χ3n) is 3.90. The molecular weight excluding hydrogens is 290 g/mol. The molecule has 0 radical (unpaired) electrons. The van der Waals surface area contributed by atoms with Crippen LogP contribution in [0.2, 0.25) is 0 Å². The number of hydrogen-bond acceptors (Lipinski definition) is 3. The fourth-order valence-corrected chi connectivity index (χ4v) is 2.72. The molecule has 1 aliphatic rings. The Labute approximate surface area is 139 Å². The fraction of sp³-hybridized carbons (Fsp3) is 0.611. The topological polar surface area (TPSA) is 65.9 Å². The van der Waals surface area contributed by atoms with E-state index in [2.05, 4.69) is 42.5 Å². The molecule has 0 spiro atoms. The number of rotatable bonds is 5. The Kier molecular flexibility index (Phi) is 5.88. The van der Waals surface area contributed by atoms with Gasteiger partial charge in [-0.25, -0.2) is 0 Å². The van der Waals surface area contributed by atoms with E-state index >= 15 is 0 Å². The smallest absolute Gasteiger partial charge is 0.191 e. The molecule has 0 fully saturated rings. The zero-order chi connectivity index (χ0) is 16.9. The van der Waals surface area contributed by atoms with Gasteiger partial charge in [0, 0.05) is 31.7 Å². The van der Waals surface area contributed by atoms with Gasteiger partial charge in [0.15, 0.2) is 5.96 Å². The lowest BCUT2D eigenvalue weighted by atomic mass is 9.90. The predicted molar refractivity (Wildman–Crippen MR) is 93.9 cm³/mol. The summed E-state index contributed by atoms with van der Waals surface area (Å²) in [5, 5.41) is 16.0. The first-order valence-corrected chi connectivity index (χ1v) is 8.39. The summed E-state index contributed by atoms with van der Waals surface area (Å²) >= 11 is 0. The van der Waals surface area contributed by atoms with Crippen LogP contribution in [0.5, 0.6) is 5.75 Å². The summed E-state index contributed by atoms with van der Waals surface area (Å²) in [4.78, 5) is 4.59. The summed E-state index contributed by atoms with van der Waals surface area (Å²) in [5.74, 6) is 1.87. The van der Waals surface area contributed by atoms with E-state index in [9.17, 15) is 5.11 Å². The molecule has 1 aromatic rings. The number of fused-ring (bicyclic) bond motifs is 1. The number of aliphatic imine (C=N–C) groups is 1. The molecule has 1 aliphatic heterocycles. The van der Waals surface area contributed by atoms with Crippen LogP contribution in [0, 0.1) is 5.92 Å². The van der Waals surface area contributed by atoms with E-state index < -0.39 is 0 Å². The predicted octanol–water partition coefficient (Wildman–Crippen LogP) is 2.47. The molecule has 3 N–H and O–H groups in total. The van der Waals surface area contributed by atoms with Crippen molar-refractivity contribution in [1.82, 2.24) is 10.6 Å². The Morgan fingerprint density at radius 2 is 2.17 bits per heavy atom. The first kappa shape index (κ1) is 17.6. The molecule has 2 rings (SSSR count). The molecule has 0 aromatic heterocycles. The van der Waals surface area contributed by atoms with Gasteiger partial charge in [-0.05, 0) is 32.8 Å². The third kappa shape index (κ3) is 4.86. The van der Waals surface area contributed by atoms with Crippen molar-refractivity contribution >= 4 is 5.96 Å². The van der Waals surface area contributed by atoms with Crippen molar-refractivity contribution in [3.8, 4) is 5.75 Å². The molecular formula is C18H29N3O2. The number of guanidine groups is 1. The number of nitrogens with one attached hydrogen (secondary N) is 2. The van der Waals surface area contributed by atoms with Gasteiger partial charge in [0.25, 0.3) is 0 Å². The number of ether oxygens (including phenoxy) is 1. The van der Waals surface area contributed by atoms with E-state index in [1.165, 1.54) is 0 Å². The van der Waals surface area contributed by atoms with E-state index in [-0.39, 0.29) is 24.2 Å². The van der Waals surface area contributed by atoms with Crippen molar-refractivity contribution in [2.24, 2.45) is 10.9 Å². The van der Waals surface area contributed by atoms with Crippen LogP contribution >= 0.6 is 0 Å². The van der Waals surface area contributed by atoms with Gasteiger partial charge < -0.3 is 20.5 Å². The van der Waals surface area contributed by atoms with E-state index in [0.717, 1.165) is 30.2 Å². The fourth-order valence-electron chi connectivity index (χ4n) is 2.72. The second-order valence-corrected chi connectivity index (χ2v) is 6.81. The van der Waals surface area contributed by atoms with Crippen molar-refractivity contribution in [1.29, 1.82) is 0 Å². The van der Waals surface area contributed by atoms with Crippen LogP contribution in [0.15, 0.2) is 29.3 Å². The van der Waals surface area contributed by atoms with Crippen LogP contribution in [0.25, 0.3) is 0 Å². The lowest BCUT2D eigenvalue weighted by molar-refractivity contribution is 0.0694. The highest BCUT2D eigenvalue weighted by Crippen LogP contribution is 2.39. The molecule has 0 saturated heterocycles. The lowest BCUT2D eigenvalue weighted by Crippen LogP contribution is -2.45. The highest BCUT2D eigenvalue weighted by Gasteiger charge is 2.33. The molecule has 5 nitrogen and oxygen atoms in total. The van der Waals surface area contributed by atoms with Crippen LogP contribution in [0.1, 0.15) is 45.7 Å². The number of aliphatic hydroxyl groups excluding tert-OH is 1. The molecule has 23 heavy (non-hydrogen) atoms. The number of nitrogens with zero attached hydrogens (tertiary/aromatic N) is 1. The van der Waals surface area contributed by atoms with Gasteiger partial charge in [0.05, 0.1) is 6.04 Å². The Morgan fingerprint density at radius 1 is 1.43 bits per heavy atom. The Morgan fingerprint density at radius 3 is 2.87 bits per heavy atom. The first-order chi connectivity index (χ1) is 10.9. The highest BCUT2D eigenvalue weighted by molar-refractivity contribution is 5.80. The molecule has 1 heterocycles. The molecule has 1 aromatic carbocycles. The van der Waals surface area contributed by atoms with E-state index in [4.69, 9.17) is 4.74 Å². The zero-order valence-electron chi connectivity index (χ0n) is 14.6. The molecule has 0 bridgehead atoms. The van der Waals surface area contributed by atoms with E-state index in [1.807, 2.05) is 25.1 Å². The maximum Gasteiger partial charge on any atom is 0.191 e. The molecule has 2 unspecified atom stereocenters. The van der Waals surface area contributed by atoms with Crippen LogP contribution in [0.4, 0.5) is 0 Å². The average Bonchev–Trinajstić information content (AvgIpc) is 2.51. The van der Waals surface area contributed by atoms with Crippen molar-refractivity contribution in [2.45, 2.75) is 45.8 Å². The highest BCUT2D eigenvalue weighted by atomic mass is 16.5. The Balaban J connectivity index is 2.18. The van der Waals surface area contributed by atoms with Crippen molar-refractivity contribution < 1.29 is 9.84 Å². The van der Waals surface area contributed by atoms with E-state index in [0.29, 0.717) is 6.54 Å². The number of para-hydroxylation sites is 1. The molecule has 0 amide bonds. The number of hydrogen-bond donors (Lipinski definition) is 3. The van der Waals surface area contributed by atoms with Gasteiger partial charge in [-0.2, -0.15) is 0 Å². The SMILES string of the molecule is CCNC(=NCC(C)CO)NC1CC(C)(C)Oc2ccccc21. The molecule has 2 atom stereocenters. The minimum Gasteiger partial charge on any atom is -0.487 e. The van der Waals surface area contributed by atoms with Crippen LogP contribution in [-0.2, 0) is 0 Å². The van der Waals surface area contributed by atoms with Gasteiger partial charge in [0.2, 0.25) is 0 Å². The summed E-state index contributed by atoms with van der Waals surface area (Å²) < 4.78 is 6.07. The zero-order valence-corrected chi connectivity index (χ0v) is 14.6. The minimum atomic E-state index is -0.221. The van der Waals surface area contributed by atoms with Gasteiger partial charge in [-0.1, -0.05) is 25.1 Å². The minimum absolute atomic E-state index is 0.149. The first-order valence-electron chi connectivity index (χ1n) is 8.39. The van der Waals surface area contributed by atoms with Gasteiger partial charge in [-0.3, -0.25) is 4.99 Å². The molecule has 0 saturated carbocycles. The second-order valence-electron chi connectivity index (χ2n) is 6.81. The second kappa shape index (κ2) is 7.68. The summed E-state index contributed by atoms with van der Waals surface area (Å²) in [7, 11) is 0. The third-order valence-corrected chi connectivity index (χ3v) is 3.90. The monoisotopic (exact) mass is 319 g/mol. The normalized spacial score (nSPS) is 21.1. The molecule has 5 heteroatoms. The lowest BCUT2D eigenvalue weighted by Gasteiger charge is -2.38. The van der Waals surface area contributed by atoms with Crippen molar-refractivity contribution in [3.05, 3.63) is 29.8 Å². The number of benzene rings is 1. The van der Waals surface area contributed by atoms with Crippen molar-refractivity contribution in [3.63, 3.8) is 0 Å². The van der Waals surface area contributed by atoms with Crippen LogP contribution < -0.4 is 15.4 Å². The van der Waals surface area contributed by atoms with Gasteiger partial charge in [-0.15, -0.1) is 0 Å².